The molecule has 0 aliphatic rings. The Morgan fingerprint density at radius 3 is 2.65 bits per heavy atom. The minimum atomic E-state index is -1.78. The predicted molar refractivity (Wildman–Crippen MR) is 70.8 cm³/mol. The molecule has 0 fully saturated rings. The number of para-hydroxylation sites is 1. The summed E-state index contributed by atoms with van der Waals surface area (Å²) in [5.74, 6) is 0. The third kappa shape index (κ3) is 1.57. The lowest BCUT2D eigenvalue weighted by Crippen LogP contribution is -1.81. The molecule has 0 bridgehead atoms. The third-order valence-corrected chi connectivity index (χ3v) is 4.31. The first-order valence-electron chi connectivity index (χ1n) is 5.52. The molecule has 1 atom stereocenters. The zero-order chi connectivity index (χ0) is 12.0. The highest BCUT2D eigenvalue weighted by Crippen LogP contribution is 2.37. The van der Waals surface area contributed by atoms with Gasteiger partial charge >= 0.3 is 7.65 Å². The van der Waals surface area contributed by atoms with E-state index in [1.54, 1.807) is 0 Å². The molecule has 0 radical (unpaired) electrons. The lowest BCUT2D eigenvalue weighted by molar-refractivity contribution is 0.563. The Bertz CT molecular complexity index is 787. The van der Waals surface area contributed by atoms with Gasteiger partial charge in [-0.15, -0.1) is 0 Å². The molecule has 0 amide bonds. The molecule has 3 aromatic rings. The van der Waals surface area contributed by atoms with E-state index in [1.165, 1.54) is 5.56 Å². The second kappa shape index (κ2) is 3.68. The van der Waals surface area contributed by atoms with E-state index in [0.717, 1.165) is 21.5 Å². The summed E-state index contributed by atoms with van der Waals surface area (Å²) in [6, 6.07) is 11.9. The molecule has 0 saturated heterocycles. The van der Waals surface area contributed by atoms with Crippen LogP contribution in [0.4, 0.5) is 0 Å². The molecule has 0 spiro atoms. The molecular weight excluding hydrogens is 231 g/mol. The Morgan fingerprint density at radius 2 is 1.82 bits per heavy atom. The van der Waals surface area contributed by atoms with Gasteiger partial charge in [0.2, 0.25) is 5.12 Å². The van der Waals surface area contributed by atoms with E-state index in [9.17, 15) is 4.57 Å². The first-order chi connectivity index (χ1) is 8.16. The van der Waals surface area contributed by atoms with Crippen LogP contribution >= 0.6 is 7.65 Å². The number of benzene rings is 2. The van der Waals surface area contributed by atoms with E-state index in [0.29, 0.717) is 5.58 Å². The zero-order valence-corrected chi connectivity index (χ0v) is 10.6. The van der Waals surface area contributed by atoms with Gasteiger partial charge in [0.15, 0.2) is 5.58 Å². The average molecular weight is 243 g/mol. The molecule has 2 nitrogen and oxygen atoms in total. The van der Waals surface area contributed by atoms with Crippen LogP contribution in [-0.2, 0) is 4.57 Å². The highest BCUT2D eigenvalue weighted by molar-refractivity contribution is 7.37. The lowest BCUT2D eigenvalue weighted by atomic mass is 10.1. The van der Waals surface area contributed by atoms with Gasteiger partial charge in [-0.1, -0.05) is 24.3 Å². The van der Waals surface area contributed by atoms with Crippen LogP contribution in [0.25, 0.3) is 21.5 Å². The molecule has 0 aliphatic heterocycles. The van der Waals surface area contributed by atoms with Crippen LogP contribution in [0.15, 0.2) is 40.6 Å². The average Bonchev–Trinajstić information content (AvgIpc) is 2.28. The maximum Gasteiger partial charge on any atom is 0.598 e. The van der Waals surface area contributed by atoms with Gasteiger partial charge in [0.05, 0.1) is 0 Å². The van der Waals surface area contributed by atoms with Crippen molar-refractivity contribution in [1.82, 2.24) is 0 Å². The van der Waals surface area contributed by atoms with Gasteiger partial charge in [-0.3, -0.25) is 0 Å². The molecule has 1 unspecified atom stereocenters. The SMILES string of the molecule is Cc1cc(C)c2c(c1)c1ccccc1o[p+]2=O. The fourth-order valence-corrected chi connectivity index (χ4v) is 3.47. The van der Waals surface area contributed by atoms with Crippen molar-refractivity contribution in [2.75, 3.05) is 0 Å². The summed E-state index contributed by atoms with van der Waals surface area (Å²) in [5.41, 5.74) is 2.93. The first-order valence-corrected chi connectivity index (χ1v) is 6.70. The molecule has 0 aliphatic carbocycles. The van der Waals surface area contributed by atoms with Crippen LogP contribution in [0.3, 0.4) is 0 Å². The maximum atomic E-state index is 12.1. The molecule has 1 aromatic heterocycles. The van der Waals surface area contributed by atoms with Crippen molar-refractivity contribution in [1.29, 1.82) is 0 Å². The lowest BCUT2D eigenvalue weighted by Gasteiger charge is -2.00. The molecule has 0 saturated carbocycles. The second-order valence-electron chi connectivity index (χ2n) is 4.32. The second-order valence-corrected chi connectivity index (χ2v) is 5.47. The normalized spacial score (nSPS) is 12.2. The van der Waals surface area contributed by atoms with Crippen molar-refractivity contribution >= 4 is 29.1 Å². The molecule has 3 rings (SSSR count). The number of fused-ring (bicyclic) bond motifs is 3. The van der Waals surface area contributed by atoms with Crippen LogP contribution in [0.2, 0.25) is 0 Å². The van der Waals surface area contributed by atoms with Gasteiger partial charge in [-0.2, -0.15) is 0 Å². The monoisotopic (exact) mass is 243 g/mol. The Labute approximate surface area is 99.7 Å². The summed E-state index contributed by atoms with van der Waals surface area (Å²) < 4.78 is 17.6. The van der Waals surface area contributed by atoms with E-state index in [-0.39, 0.29) is 0 Å². The smallest absolute Gasteiger partial charge is 0.250 e. The van der Waals surface area contributed by atoms with Crippen LogP contribution < -0.4 is 0 Å². The van der Waals surface area contributed by atoms with Crippen molar-refractivity contribution < 1.29 is 8.76 Å². The van der Waals surface area contributed by atoms with Crippen molar-refractivity contribution in [2.45, 2.75) is 13.8 Å². The van der Waals surface area contributed by atoms with Gasteiger partial charge < -0.3 is 0 Å². The van der Waals surface area contributed by atoms with Gasteiger partial charge in [-0.05, 0) is 36.1 Å². The predicted octanol–water partition coefficient (Wildman–Crippen LogP) is 4.95. The third-order valence-electron chi connectivity index (χ3n) is 2.99. The molecule has 3 heteroatoms. The minimum absolute atomic E-state index is 0.714. The molecule has 84 valence electrons. The van der Waals surface area contributed by atoms with Gasteiger partial charge in [0, 0.05) is 16.3 Å². The fraction of sp³-hybridized carbons (Fsp3) is 0.143. The Hall–Kier alpha value is -1.66. The standard InChI is InChI=1S/C14H12O2P/c1-9-7-10(2)14-12(8-9)11-5-3-4-6-13(11)16-17(14)15/h3-8H,1-2H3/q+1. The minimum Gasteiger partial charge on any atom is -0.250 e. The molecular formula is C14H12O2P+. The quantitative estimate of drug-likeness (QED) is 0.523. The highest BCUT2D eigenvalue weighted by atomic mass is 31.1. The van der Waals surface area contributed by atoms with E-state index >= 15 is 0 Å². The first kappa shape index (κ1) is 10.5. The Morgan fingerprint density at radius 1 is 1.06 bits per heavy atom. The number of hydrogen-bond acceptors (Lipinski definition) is 2. The van der Waals surface area contributed by atoms with E-state index in [2.05, 4.69) is 13.0 Å². The zero-order valence-electron chi connectivity index (χ0n) is 9.73. The summed E-state index contributed by atoms with van der Waals surface area (Å²) in [7, 11) is -1.78. The van der Waals surface area contributed by atoms with Crippen LogP contribution in [-0.4, -0.2) is 0 Å². The summed E-state index contributed by atoms with van der Waals surface area (Å²) in [4.78, 5) is 0. The molecule has 2 aromatic carbocycles. The van der Waals surface area contributed by atoms with Crippen LogP contribution in [0.5, 0.6) is 0 Å². The topological polar surface area (TPSA) is 30.2 Å². The summed E-state index contributed by atoms with van der Waals surface area (Å²) >= 11 is 0. The molecule has 17 heavy (non-hydrogen) atoms. The highest BCUT2D eigenvalue weighted by Gasteiger charge is 2.18. The Balaban J connectivity index is 2.70. The molecule has 0 N–H and O–H groups in total. The number of hydrogen-bond donors (Lipinski definition) is 0. The van der Waals surface area contributed by atoms with Crippen LogP contribution in [0, 0.1) is 13.8 Å². The van der Waals surface area contributed by atoms with E-state index < -0.39 is 7.65 Å². The van der Waals surface area contributed by atoms with Crippen molar-refractivity contribution in [2.24, 2.45) is 0 Å². The van der Waals surface area contributed by atoms with Gasteiger partial charge in [0.25, 0.3) is 0 Å². The van der Waals surface area contributed by atoms with Crippen molar-refractivity contribution in [3.05, 3.63) is 47.5 Å². The van der Waals surface area contributed by atoms with Crippen LogP contribution in [0.1, 0.15) is 11.1 Å². The summed E-state index contributed by atoms with van der Waals surface area (Å²) in [6.07, 6.45) is 0. The fourth-order valence-electron chi connectivity index (χ4n) is 2.31. The number of aryl methyl sites for hydroxylation is 2. The maximum absolute atomic E-state index is 12.1. The summed E-state index contributed by atoms with van der Waals surface area (Å²) in [6.45, 7) is 4.04. The number of rotatable bonds is 0. The largest absolute Gasteiger partial charge is 0.598 e. The van der Waals surface area contributed by atoms with E-state index in [4.69, 9.17) is 4.20 Å². The van der Waals surface area contributed by atoms with Crippen molar-refractivity contribution in [3.63, 3.8) is 0 Å². The molecule has 1 heterocycles. The Kier molecular flexibility index (Phi) is 2.27. The summed E-state index contributed by atoms with van der Waals surface area (Å²) in [5, 5.41) is 2.92. The van der Waals surface area contributed by atoms with Crippen molar-refractivity contribution in [3.8, 4) is 0 Å². The van der Waals surface area contributed by atoms with E-state index in [1.807, 2.05) is 37.3 Å². The van der Waals surface area contributed by atoms with Gasteiger partial charge in [-0.25, -0.2) is 4.20 Å². The van der Waals surface area contributed by atoms with Gasteiger partial charge in [0.1, 0.15) is 0 Å².